The van der Waals surface area contributed by atoms with E-state index in [1.54, 1.807) is 24.3 Å². The number of carbonyl (C=O) groups is 1. The Balaban J connectivity index is 2.69. The summed E-state index contributed by atoms with van der Waals surface area (Å²) < 4.78 is 24.5. The lowest BCUT2D eigenvalue weighted by Crippen LogP contribution is -2.24. The van der Waals surface area contributed by atoms with Crippen molar-refractivity contribution < 1.29 is 18.3 Å². The van der Waals surface area contributed by atoms with E-state index in [4.69, 9.17) is 0 Å². The van der Waals surface area contributed by atoms with E-state index in [1.165, 1.54) is 12.1 Å². The molecule has 0 amide bonds. The molecule has 0 aromatic heterocycles. The predicted octanol–water partition coefficient (Wildman–Crippen LogP) is 0.575. The molecule has 0 aliphatic rings. The molecular formula is C12H10NO4S-. The molecular weight excluding hydrogens is 254 g/mol. The number of nitrogens with one attached hydrogen (secondary N) is 1. The third-order valence-electron chi connectivity index (χ3n) is 2.40. The molecule has 0 fully saturated rings. The highest BCUT2D eigenvalue weighted by molar-refractivity contribution is 7.92. The van der Waals surface area contributed by atoms with Gasteiger partial charge in [0.2, 0.25) is 10.0 Å². The van der Waals surface area contributed by atoms with Crippen molar-refractivity contribution >= 4 is 32.5 Å². The largest absolute Gasteiger partial charge is 0.545 e. The van der Waals surface area contributed by atoms with Crippen molar-refractivity contribution in [2.24, 2.45) is 0 Å². The average molecular weight is 264 g/mol. The van der Waals surface area contributed by atoms with Crippen molar-refractivity contribution in [3.05, 3.63) is 42.0 Å². The lowest BCUT2D eigenvalue weighted by atomic mass is 10.1. The number of benzene rings is 2. The Morgan fingerprint density at radius 1 is 1.17 bits per heavy atom. The van der Waals surface area contributed by atoms with Crippen molar-refractivity contribution in [2.45, 2.75) is 0 Å². The van der Waals surface area contributed by atoms with Gasteiger partial charge in [0, 0.05) is 5.56 Å². The Bertz CT molecular complexity index is 722. The number of rotatable bonds is 3. The highest BCUT2D eigenvalue weighted by Crippen LogP contribution is 2.24. The van der Waals surface area contributed by atoms with E-state index >= 15 is 0 Å². The summed E-state index contributed by atoms with van der Waals surface area (Å²) >= 11 is 0. The molecule has 0 radical (unpaired) electrons. The summed E-state index contributed by atoms with van der Waals surface area (Å²) in [6.45, 7) is 0. The van der Waals surface area contributed by atoms with E-state index < -0.39 is 16.0 Å². The van der Waals surface area contributed by atoms with Crippen molar-refractivity contribution in [2.75, 3.05) is 11.0 Å². The summed E-state index contributed by atoms with van der Waals surface area (Å²) in [4.78, 5) is 11.0. The Kier molecular flexibility index (Phi) is 2.96. The molecule has 0 saturated carbocycles. The minimum absolute atomic E-state index is 0.0104. The third kappa shape index (κ3) is 2.60. The molecule has 1 N–H and O–H groups in total. The first-order chi connectivity index (χ1) is 8.37. The molecule has 0 heterocycles. The van der Waals surface area contributed by atoms with Crippen LogP contribution in [0, 0.1) is 0 Å². The summed E-state index contributed by atoms with van der Waals surface area (Å²) in [5, 5.41) is 12.5. The molecule has 0 saturated heterocycles. The molecule has 6 heteroatoms. The van der Waals surface area contributed by atoms with Crippen LogP contribution >= 0.6 is 0 Å². The molecule has 0 bridgehead atoms. The van der Waals surface area contributed by atoms with Crippen LogP contribution in [0.5, 0.6) is 0 Å². The number of anilines is 1. The zero-order valence-electron chi connectivity index (χ0n) is 9.51. The zero-order valence-corrected chi connectivity index (χ0v) is 10.3. The third-order valence-corrected chi connectivity index (χ3v) is 2.99. The summed E-state index contributed by atoms with van der Waals surface area (Å²) in [7, 11) is -3.54. The van der Waals surface area contributed by atoms with Crippen LogP contribution in [0.15, 0.2) is 36.4 Å². The minimum Gasteiger partial charge on any atom is -0.545 e. The first-order valence-corrected chi connectivity index (χ1v) is 6.98. The number of aromatic carboxylic acids is 1. The number of hydrogen-bond acceptors (Lipinski definition) is 4. The van der Waals surface area contributed by atoms with Crippen molar-refractivity contribution in [1.29, 1.82) is 0 Å². The van der Waals surface area contributed by atoms with Crippen LogP contribution in [-0.4, -0.2) is 20.6 Å². The second kappa shape index (κ2) is 4.30. The van der Waals surface area contributed by atoms with Crippen LogP contribution < -0.4 is 9.83 Å². The van der Waals surface area contributed by atoms with E-state index in [0.29, 0.717) is 5.39 Å². The molecule has 5 nitrogen and oxygen atoms in total. The van der Waals surface area contributed by atoms with Crippen LogP contribution in [0.4, 0.5) is 5.69 Å². The topological polar surface area (TPSA) is 86.3 Å². The maximum absolute atomic E-state index is 11.2. The van der Waals surface area contributed by atoms with E-state index in [1.807, 2.05) is 0 Å². The van der Waals surface area contributed by atoms with Gasteiger partial charge in [-0.25, -0.2) is 8.42 Å². The molecule has 2 aromatic rings. The number of sulfonamides is 1. The van der Waals surface area contributed by atoms with Gasteiger partial charge in [0.05, 0.1) is 17.9 Å². The van der Waals surface area contributed by atoms with Crippen LogP contribution in [0.2, 0.25) is 0 Å². The molecule has 2 rings (SSSR count). The summed E-state index contributed by atoms with van der Waals surface area (Å²) in [5.41, 5.74) is -0.171. The van der Waals surface area contributed by atoms with Crippen LogP contribution in [0.25, 0.3) is 10.8 Å². The summed E-state index contributed by atoms with van der Waals surface area (Å²) in [5.74, 6) is -1.42. The van der Waals surface area contributed by atoms with Gasteiger partial charge in [-0.1, -0.05) is 24.3 Å². The summed E-state index contributed by atoms with van der Waals surface area (Å²) in [6, 6.07) is 9.92. The Labute approximate surface area is 104 Å². The van der Waals surface area contributed by atoms with Gasteiger partial charge in [0.1, 0.15) is 0 Å². The van der Waals surface area contributed by atoms with E-state index in [0.717, 1.165) is 11.6 Å². The first kappa shape index (κ1) is 12.4. The lowest BCUT2D eigenvalue weighted by Gasteiger charge is -2.13. The minimum atomic E-state index is -3.54. The smallest absolute Gasteiger partial charge is 0.229 e. The van der Waals surface area contributed by atoms with Gasteiger partial charge in [-0.2, -0.15) is 0 Å². The van der Waals surface area contributed by atoms with Crippen LogP contribution in [0.1, 0.15) is 10.4 Å². The van der Waals surface area contributed by atoms with Crippen LogP contribution in [-0.2, 0) is 10.0 Å². The number of carbonyl (C=O) groups excluding carboxylic acids is 1. The Morgan fingerprint density at radius 3 is 2.22 bits per heavy atom. The standard InChI is InChI=1S/C12H11NO4S/c1-18(16,17)13-11-7-9-5-3-2-4-8(9)6-10(11)12(14)15/h2-7,13H,1H3,(H,14,15)/p-1. The maximum Gasteiger partial charge on any atom is 0.229 e. The van der Waals surface area contributed by atoms with E-state index in [-0.39, 0.29) is 11.3 Å². The molecule has 94 valence electrons. The second-order valence-electron chi connectivity index (χ2n) is 3.91. The Morgan fingerprint density at radius 2 is 1.72 bits per heavy atom. The van der Waals surface area contributed by atoms with Gasteiger partial charge in [-0.3, -0.25) is 4.72 Å². The fourth-order valence-electron chi connectivity index (χ4n) is 1.69. The highest BCUT2D eigenvalue weighted by atomic mass is 32.2. The SMILES string of the molecule is CS(=O)(=O)Nc1cc2ccccc2cc1C(=O)[O-]. The summed E-state index contributed by atoms with van der Waals surface area (Å²) in [6.07, 6.45) is 0.960. The van der Waals surface area contributed by atoms with E-state index in [2.05, 4.69) is 4.72 Å². The number of fused-ring (bicyclic) bond motifs is 1. The van der Waals surface area contributed by atoms with Crippen molar-refractivity contribution in [3.63, 3.8) is 0 Å². The maximum atomic E-state index is 11.2. The van der Waals surface area contributed by atoms with Gasteiger partial charge in [-0.15, -0.1) is 0 Å². The van der Waals surface area contributed by atoms with Crippen molar-refractivity contribution in [3.8, 4) is 0 Å². The van der Waals surface area contributed by atoms with Gasteiger partial charge < -0.3 is 9.90 Å². The normalized spacial score (nSPS) is 11.4. The van der Waals surface area contributed by atoms with Crippen molar-refractivity contribution in [1.82, 2.24) is 0 Å². The molecule has 2 aromatic carbocycles. The van der Waals surface area contributed by atoms with E-state index in [9.17, 15) is 18.3 Å². The Hall–Kier alpha value is -2.08. The molecule has 0 aliphatic carbocycles. The second-order valence-corrected chi connectivity index (χ2v) is 5.66. The predicted molar refractivity (Wildman–Crippen MR) is 66.7 cm³/mol. The van der Waals surface area contributed by atoms with Gasteiger partial charge >= 0.3 is 0 Å². The monoisotopic (exact) mass is 264 g/mol. The molecule has 0 atom stereocenters. The van der Waals surface area contributed by atoms with Gasteiger partial charge in [0.25, 0.3) is 0 Å². The lowest BCUT2D eigenvalue weighted by molar-refractivity contribution is -0.254. The number of hydrogen-bond donors (Lipinski definition) is 1. The van der Waals surface area contributed by atoms with Gasteiger partial charge in [0.15, 0.2) is 0 Å². The molecule has 0 spiro atoms. The molecule has 0 unspecified atom stereocenters. The zero-order chi connectivity index (χ0) is 13.3. The van der Waals surface area contributed by atoms with Gasteiger partial charge in [-0.05, 0) is 22.9 Å². The van der Waals surface area contributed by atoms with Crippen LogP contribution in [0.3, 0.4) is 0 Å². The fraction of sp³-hybridized carbons (Fsp3) is 0.0833. The first-order valence-electron chi connectivity index (χ1n) is 5.09. The number of carboxylic acid groups (broad SMARTS) is 1. The number of carboxylic acids is 1. The molecule has 18 heavy (non-hydrogen) atoms. The highest BCUT2D eigenvalue weighted by Gasteiger charge is 2.09. The molecule has 0 aliphatic heterocycles. The quantitative estimate of drug-likeness (QED) is 0.878. The fourth-order valence-corrected chi connectivity index (χ4v) is 2.26. The average Bonchev–Trinajstić information content (AvgIpc) is 2.25.